The van der Waals surface area contributed by atoms with Crippen LogP contribution in [0.2, 0.25) is 0 Å². The molecule has 1 aromatic rings. The van der Waals surface area contributed by atoms with Gasteiger partial charge in [0.25, 0.3) is 0 Å². The number of aryl methyl sites for hydroxylation is 2. The third kappa shape index (κ3) is 2.96. The van der Waals surface area contributed by atoms with E-state index in [4.69, 9.17) is 4.74 Å². The van der Waals surface area contributed by atoms with Crippen molar-refractivity contribution in [3.8, 4) is 0 Å². The van der Waals surface area contributed by atoms with Gasteiger partial charge in [0.2, 0.25) is 5.91 Å². The predicted molar refractivity (Wildman–Crippen MR) is 73.0 cm³/mol. The van der Waals surface area contributed by atoms with Gasteiger partial charge in [0.1, 0.15) is 5.82 Å². The van der Waals surface area contributed by atoms with Gasteiger partial charge in [0.05, 0.1) is 18.9 Å². The van der Waals surface area contributed by atoms with Gasteiger partial charge in [-0.3, -0.25) is 9.48 Å². The molecule has 0 saturated carbocycles. The first-order valence-corrected chi connectivity index (χ1v) is 6.39. The van der Waals surface area contributed by atoms with Crippen LogP contribution in [0.25, 0.3) is 0 Å². The van der Waals surface area contributed by atoms with E-state index in [1.807, 2.05) is 18.7 Å². The van der Waals surface area contributed by atoms with Crippen LogP contribution in [0, 0.1) is 6.92 Å². The number of anilines is 1. The molecule has 0 atom stereocenters. The Hall–Kier alpha value is -1.82. The molecule has 6 nitrogen and oxygen atoms in total. The molecule has 6 heteroatoms. The van der Waals surface area contributed by atoms with Crippen molar-refractivity contribution in [2.75, 3.05) is 31.2 Å². The van der Waals surface area contributed by atoms with Crippen molar-refractivity contribution in [1.82, 2.24) is 15.1 Å². The molecule has 2 heterocycles. The molecule has 1 aliphatic rings. The van der Waals surface area contributed by atoms with Gasteiger partial charge in [-0.25, -0.2) is 0 Å². The molecule has 1 fully saturated rings. The number of ether oxygens (including phenoxy) is 1. The van der Waals surface area contributed by atoms with Crippen LogP contribution in [0.4, 0.5) is 5.82 Å². The zero-order chi connectivity index (χ0) is 13.8. The van der Waals surface area contributed by atoms with Gasteiger partial charge in [-0.15, -0.1) is 0 Å². The standard InChI is InChI=1S/C13H20N4O2/c1-4-12(18)14-9-11-10(2)15-16(3)13(11)17-5-7-19-8-6-17/h4H,1,5-9H2,2-3H3,(H,14,18). The van der Waals surface area contributed by atoms with Crippen LogP contribution in [0.1, 0.15) is 11.3 Å². The normalized spacial score (nSPS) is 15.4. The highest BCUT2D eigenvalue weighted by Crippen LogP contribution is 2.23. The van der Waals surface area contributed by atoms with E-state index in [9.17, 15) is 4.79 Å². The van der Waals surface area contributed by atoms with E-state index in [1.165, 1.54) is 6.08 Å². The van der Waals surface area contributed by atoms with Crippen LogP contribution in [-0.2, 0) is 23.1 Å². The number of nitrogens with one attached hydrogen (secondary N) is 1. The van der Waals surface area contributed by atoms with Gasteiger partial charge in [-0.2, -0.15) is 5.10 Å². The summed E-state index contributed by atoms with van der Waals surface area (Å²) in [6, 6.07) is 0. The molecule has 0 radical (unpaired) electrons. The smallest absolute Gasteiger partial charge is 0.243 e. The quantitative estimate of drug-likeness (QED) is 0.798. The minimum absolute atomic E-state index is 0.170. The minimum atomic E-state index is -0.170. The molecule has 0 aliphatic carbocycles. The molecular weight excluding hydrogens is 244 g/mol. The third-order valence-electron chi connectivity index (χ3n) is 3.25. The molecule has 0 spiro atoms. The molecule has 0 unspecified atom stereocenters. The van der Waals surface area contributed by atoms with E-state index in [0.29, 0.717) is 6.54 Å². The lowest BCUT2D eigenvalue weighted by atomic mass is 10.2. The number of hydrogen-bond acceptors (Lipinski definition) is 4. The number of hydrogen-bond donors (Lipinski definition) is 1. The van der Waals surface area contributed by atoms with Crippen molar-refractivity contribution in [3.63, 3.8) is 0 Å². The molecule has 19 heavy (non-hydrogen) atoms. The highest BCUT2D eigenvalue weighted by atomic mass is 16.5. The van der Waals surface area contributed by atoms with E-state index < -0.39 is 0 Å². The number of carbonyl (C=O) groups excluding carboxylic acids is 1. The number of nitrogens with zero attached hydrogens (tertiary/aromatic N) is 3. The van der Waals surface area contributed by atoms with Gasteiger partial charge in [0, 0.05) is 32.2 Å². The highest BCUT2D eigenvalue weighted by molar-refractivity contribution is 5.86. The first-order chi connectivity index (χ1) is 9.13. The number of carbonyl (C=O) groups is 1. The fourth-order valence-corrected chi connectivity index (χ4v) is 2.32. The molecule has 2 rings (SSSR count). The van der Waals surface area contributed by atoms with Crippen molar-refractivity contribution in [1.29, 1.82) is 0 Å². The maximum atomic E-state index is 11.3. The Kier molecular flexibility index (Phi) is 4.21. The first kappa shape index (κ1) is 13.6. The van der Waals surface area contributed by atoms with Crippen molar-refractivity contribution in [3.05, 3.63) is 23.9 Å². The zero-order valence-corrected chi connectivity index (χ0v) is 11.5. The van der Waals surface area contributed by atoms with E-state index in [0.717, 1.165) is 43.4 Å². The van der Waals surface area contributed by atoms with Crippen LogP contribution in [0.3, 0.4) is 0 Å². The second-order valence-electron chi connectivity index (χ2n) is 4.53. The van der Waals surface area contributed by atoms with Gasteiger partial charge >= 0.3 is 0 Å². The average molecular weight is 264 g/mol. The molecule has 1 N–H and O–H groups in total. The summed E-state index contributed by atoms with van der Waals surface area (Å²) in [5.41, 5.74) is 1.99. The Bertz CT molecular complexity index is 475. The highest BCUT2D eigenvalue weighted by Gasteiger charge is 2.21. The minimum Gasteiger partial charge on any atom is -0.378 e. The Morgan fingerprint density at radius 1 is 1.53 bits per heavy atom. The molecule has 104 valence electrons. The number of aromatic nitrogens is 2. The van der Waals surface area contributed by atoms with Crippen LogP contribution in [0.15, 0.2) is 12.7 Å². The lowest BCUT2D eigenvalue weighted by Gasteiger charge is -2.29. The SMILES string of the molecule is C=CC(=O)NCc1c(C)nn(C)c1N1CCOCC1. The predicted octanol–water partition coefficient (Wildman–Crippen LogP) is 0.367. The zero-order valence-electron chi connectivity index (χ0n) is 11.5. The fraction of sp³-hybridized carbons (Fsp3) is 0.538. The maximum absolute atomic E-state index is 11.3. The molecule has 1 saturated heterocycles. The van der Waals surface area contributed by atoms with E-state index >= 15 is 0 Å². The van der Waals surface area contributed by atoms with Crippen LogP contribution in [-0.4, -0.2) is 42.0 Å². The van der Waals surface area contributed by atoms with E-state index in [2.05, 4.69) is 21.9 Å². The summed E-state index contributed by atoms with van der Waals surface area (Å²) in [5.74, 6) is 0.890. The lowest BCUT2D eigenvalue weighted by molar-refractivity contribution is -0.116. The second kappa shape index (κ2) is 5.88. The Morgan fingerprint density at radius 2 is 2.21 bits per heavy atom. The van der Waals surface area contributed by atoms with Crippen LogP contribution >= 0.6 is 0 Å². The summed E-state index contributed by atoms with van der Waals surface area (Å²) < 4.78 is 7.24. The summed E-state index contributed by atoms with van der Waals surface area (Å²) in [6.45, 7) is 9.03. The number of rotatable bonds is 4. The van der Waals surface area contributed by atoms with Crippen LogP contribution < -0.4 is 10.2 Å². The summed E-state index contributed by atoms with van der Waals surface area (Å²) >= 11 is 0. The molecule has 0 aromatic carbocycles. The summed E-state index contributed by atoms with van der Waals surface area (Å²) in [5, 5.41) is 7.26. The largest absolute Gasteiger partial charge is 0.378 e. The maximum Gasteiger partial charge on any atom is 0.243 e. The number of amides is 1. The van der Waals surface area contributed by atoms with Gasteiger partial charge in [-0.05, 0) is 13.0 Å². The second-order valence-corrected chi connectivity index (χ2v) is 4.53. The Morgan fingerprint density at radius 3 is 2.84 bits per heavy atom. The Labute approximate surface area is 113 Å². The third-order valence-corrected chi connectivity index (χ3v) is 3.25. The van der Waals surface area contributed by atoms with Gasteiger partial charge in [-0.1, -0.05) is 6.58 Å². The average Bonchev–Trinajstić information content (AvgIpc) is 2.71. The number of morpholine rings is 1. The van der Waals surface area contributed by atoms with Crippen molar-refractivity contribution < 1.29 is 9.53 Å². The Balaban J connectivity index is 2.20. The molecular formula is C13H20N4O2. The first-order valence-electron chi connectivity index (χ1n) is 6.39. The van der Waals surface area contributed by atoms with Gasteiger partial charge in [0.15, 0.2) is 0 Å². The monoisotopic (exact) mass is 264 g/mol. The van der Waals surface area contributed by atoms with Crippen molar-refractivity contribution in [2.45, 2.75) is 13.5 Å². The molecule has 0 bridgehead atoms. The van der Waals surface area contributed by atoms with Gasteiger partial charge < -0.3 is 15.0 Å². The fourth-order valence-electron chi connectivity index (χ4n) is 2.32. The molecule has 1 aromatic heterocycles. The topological polar surface area (TPSA) is 59.4 Å². The van der Waals surface area contributed by atoms with E-state index in [1.54, 1.807) is 0 Å². The van der Waals surface area contributed by atoms with E-state index in [-0.39, 0.29) is 5.91 Å². The summed E-state index contributed by atoms with van der Waals surface area (Å²) in [7, 11) is 1.93. The lowest BCUT2D eigenvalue weighted by Crippen LogP contribution is -2.38. The van der Waals surface area contributed by atoms with Crippen LogP contribution in [0.5, 0.6) is 0 Å². The molecule has 1 amide bonds. The van der Waals surface area contributed by atoms with Crippen molar-refractivity contribution >= 4 is 11.7 Å². The van der Waals surface area contributed by atoms with Crippen molar-refractivity contribution in [2.24, 2.45) is 7.05 Å². The summed E-state index contributed by atoms with van der Waals surface area (Å²) in [6.07, 6.45) is 1.28. The molecule has 1 aliphatic heterocycles. The summed E-state index contributed by atoms with van der Waals surface area (Å²) in [4.78, 5) is 13.5.